The van der Waals surface area contributed by atoms with Crippen LogP contribution < -0.4 is 0 Å². The third kappa shape index (κ3) is 6.43. The summed E-state index contributed by atoms with van der Waals surface area (Å²) in [6, 6.07) is 0. The van der Waals surface area contributed by atoms with Crippen molar-refractivity contribution >= 4 is 11.8 Å². The summed E-state index contributed by atoms with van der Waals surface area (Å²) in [5.74, 6) is -3.94. The van der Waals surface area contributed by atoms with E-state index in [0.29, 0.717) is 6.92 Å². The maximum atomic E-state index is 13.8. The maximum Gasteiger partial charge on any atom is 0.441 e. The lowest BCUT2D eigenvalue weighted by molar-refractivity contribution is -0.0664. The maximum absolute atomic E-state index is 13.8. The van der Waals surface area contributed by atoms with Gasteiger partial charge in [0.05, 0.1) is 0 Å². The number of hydrogen-bond donors (Lipinski definition) is 0. The minimum Gasteiger partial charge on any atom is -0.244 e. The molecule has 0 saturated carbocycles. The zero-order chi connectivity index (χ0) is 14.1. The average Bonchev–Trinajstić information content (AvgIpc) is 1.94. The van der Waals surface area contributed by atoms with Gasteiger partial charge in [0, 0.05) is 17.6 Å². The Labute approximate surface area is 101 Å². The van der Waals surface area contributed by atoms with Crippen molar-refractivity contribution in [2.45, 2.75) is 51.2 Å². The van der Waals surface area contributed by atoms with Crippen LogP contribution in [0, 0.1) is 5.41 Å². The van der Waals surface area contributed by atoms with E-state index in [1.165, 1.54) is 0 Å². The highest BCUT2D eigenvalue weighted by atomic mass is 32.2. The fraction of sp³-hybridized carbons (Fsp3) is 1.00. The molecule has 104 valence electrons. The van der Waals surface area contributed by atoms with Crippen LogP contribution in [0.3, 0.4) is 0 Å². The zero-order valence-corrected chi connectivity index (χ0v) is 10.9. The molecule has 0 rings (SSSR count). The van der Waals surface area contributed by atoms with Crippen molar-refractivity contribution in [1.29, 1.82) is 0 Å². The topological polar surface area (TPSA) is 0 Å². The summed E-state index contributed by atoms with van der Waals surface area (Å²) >= 11 is -0.465. The van der Waals surface area contributed by atoms with E-state index in [-0.39, 0.29) is 0 Å². The molecular formula is C10H16F6S. The minimum atomic E-state index is -4.55. The van der Waals surface area contributed by atoms with Crippen molar-refractivity contribution in [3.8, 4) is 0 Å². The zero-order valence-electron chi connectivity index (χ0n) is 10.1. The van der Waals surface area contributed by atoms with Crippen LogP contribution in [0.2, 0.25) is 0 Å². The summed E-state index contributed by atoms with van der Waals surface area (Å²) in [5, 5.41) is 0. The van der Waals surface area contributed by atoms with E-state index in [0.717, 1.165) is 20.8 Å². The van der Waals surface area contributed by atoms with E-state index < -0.39 is 46.5 Å². The van der Waals surface area contributed by atoms with Crippen LogP contribution in [0.1, 0.15) is 34.1 Å². The molecule has 0 heterocycles. The predicted octanol–water partition coefficient (Wildman–Crippen LogP) is 5.04. The molecular weight excluding hydrogens is 266 g/mol. The number of halogens is 6. The van der Waals surface area contributed by atoms with Crippen molar-refractivity contribution in [3.05, 3.63) is 0 Å². The number of alkyl halides is 6. The Morgan fingerprint density at radius 1 is 0.824 bits per heavy atom. The molecule has 17 heavy (non-hydrogen) atoms. The fourth-order valence-corrected chi connectivity index (χ4v) is 2.29. The van der Waals surface area contributed by atoms with Gasteiger partial charge in [-0.15, -0.1) is 0 Å². The molecule has 1 atom stereocenters. The van der Waals surface area contributed by atoms with Gasteiger partial charge in [-0.25, -0.2) is 13.2 Å². The first kappa shape index (κ1) is 16.9. The molecule has 0 aliphatic carbocycles. The van der Waals surface area contributed by atoms with E-state index in [2.05, 4.69) is 0 Å². The van der Waals surface area contributed by atoms with Gasteiger partial charge in [-0.2, -0.15) is 13.2 Å². The average molecular weight is 282 g/mol. The Kier molecular flexibility index (Phi) is 4.88. The van der Waals surface area contributed by atoms with Gasteiger partial charge < -0.3 is 0 Å². The molecule has 0 nitrogen and oxygen atoms in total. The lowest BCUT2D eigenvalue weighted by atomic mass is 9.74. The smallest absolute Gasteiger partial charge is 0.244 e. The lowest BCUT2D eigenvalue weighted by Crippen LogP contribution is -2.44. The standard InChI is InChI=1S/C10H16F6S/c1-7(2,11)8(3,5-9(4,12)13)6-17-10(14,15)16/h5-6H2,1-4H3. The highest BCUT2D eigenvalue weighted by molar-refractivity contribution is 8.00. The van der Waals surface area contributed by atoms with Crippen LogP contribution in [0.4, 0.5) is 26.3 Å². The van der Waals surface area contributed by atoms with E-state index in [4.69, 9.17) is 0 Å². The number of rotatable bonds is 5. The largest absolute Gasteiger partial charge is 0.441 e. The van der Waals surface area contributed by atoms with Crippen LogP contribution in [-0.4, -0.2) is 22.9 Å². The Hall–Kier alpha value is -0.0700. The molecule has 0 N–H and O–H groups in total. The Bertz CT molecular complexity index is 249. The molecule has 7 heteroatoms. The molecule has 0 aromatic rings. The van der Waals surface area contributed by atoms with E-state index >= 15 is 0 Å². The summed E-state index contributed by atoms with van der Waals surface area (Å²) < 4.78 is 75.8. The van der Waals surface area contributed by atoms with Gasteiger partial charge in [0.15, 0.2) is 0 Å². The normalized spacial score (nSPS) is 18.0. The first-order valence-corrected chi connectivity index (χ1v) is 5.92. The molecule has 0 aliphatic rings. The third-order valence-electron chi connectivity index (χ3n) is 2.69. The first-order chi connectivity index (χ1) is 7.16. The van der Waals surface area contributed by atoms with Crippen LogP contribution in [0.5, 0.6) is 0 Å². The molecule has 1 unspecified atom stereocenters. The van der Waals surface area contributed by atoms with E-state index in [1.807, 2.05) is 0 Å². The predicted molar refractivity (Wildman–Crippen MR) is 57.0 cm³/mol. The Morgan fingerprint density at radius 2 is 1.24 bits per heavy atom. The van der Waals surface area contributed by atoms with E-state index in [9.17, 15) is 26.3 Å². The van der Waals surface area contributed by atoms with Gasteiger partial charge in [0.1, 0.15) is 5.67 Å². The molecule has 0 spiro atoms. The van der Waals surface area contributed by atoms with Crippen molar-refractivity contribution in [2.24, 2.45) is 5.41 Å². The summed E-state index contributed by atoms with van der Waals surface area (Å²) in [6.45, 7) is 3.74. The molecule has 0 bridgehead atoms. The van der Waals surface area contributed by atoms with Crippen LogP contribution >= 0.6 is 11.8 Å². The highest BCUT2D eigenvalue weighted by Gasteiger charge is 2.48. The second-order valence-electron chi connectivity index (χ2n) is 5.01. The van der Waals surface area contributed by atoms with Gasteiger partial charge in [-0.1, -0.05) is 18.7 Å². The van der Waals surface area contributed by atoms with Crippen molar-refractivity contribution < 1.29 is 26.3 Å². The summed E-state index contributed by atoms with van der Waals surface area (Å²) in [5.41, 5.74) is -8.41. The van der Waals surface area contributed by atoms with E-state index in [1.54, 1.807) is 0 Å². The summed E-state index contributed by atoms with van der Waals surface area (Å²) in [4.78, 5) is 0. The van der Waals surface area contributed by atoms with Crippen molar-refractivity contribution in [1.82, 2.24) is 0 Å². The quantitative estimate of drug-likeness (QED) is 0.637. The van der Waals surface area contributed by atoms with Gasteiger partial charge in [0.2, 0.25) is 5.92 Å². The highest BCUT2D eigenvalue weighted by Crippen LogP contribution is 2.47. The summed E-state index contributed by atoms with van der Waals surface area (Å²) in [6.07, 6.45) is -0.924. The summed E-state index contributed by atoms with van der Waals surface area (Å²) in [7, 11) is 0. The van der Waals surface area contributed by atoms with Gasteiger partial charge >= 0.3 is 5.51 Å². The number of hydrogen-bond acceptors (Lipinski definition) is 1. The monoisotopic (exact) mass is 282 g/mol. The fourth-order valence-electron chi connectivity index (χ4n) is 1.36. The molecule has 0 aliphatic heterocycles. The Morgan fingerprint density at radius 3 is 1.47 bits per heavy atom. The van der Waals surface area contributed by atoms with Gasteiger partial charge in [-0.05, 0) is 20.8 Å². The van der Waals surface area contributed by atoms with Crippen molar-refractivity contribution in [2.75, 3.05) is 5.75 Å². The van der Waals surface area contributed by atoms with Crippen LogP contribution in [0.15, 0.2) is 0 Å². The van der Waals surface area contributed by atoms with Crippen molar-refractivity contribution in [3.63, 3.8) is 0 Å². The first-order valence-electron chi connectivity index (χ1n) is 4.94. The molecule has 0 radical (unpaired) electrons. The molecule has 0 aromatic carbocycles. The second-order valence-corrected chi connectivity index (χ2v) is 6.05. The third-order valence-corrected chi connectivity index (χ3v) is 3.80. The molecule has 0 amide bonds. The van der Waals surface area contributed by atoms with Crippen LogP contribution in [0.25, 0.3) is 0 Å². The lowest BCUT2D eigenvalue weighted by Gasteiger charge is -2.40. The van der Waals surface area contributed by atoms with Crippen LogP contribution in [-0.2, 0) is 0 Å². The molecule has 0 fully saturated rings. The minimum absolute atomic E-state index is 0.465. The SMILES string of the molecule is CC(F)(F)CC(C)(CSC(F)(F)F)C(C)(C)F. The Balaban J connectivity index is 4.88. The van der Waals surface area contributed by atoms with Gasteiger partial charge in [0.25, 0.3) is 0 Å². The molecule has 0 aromatic heterocycles. The number of thioether (sulfide) groups is 1. The second kappa shape index (κ2) is 4.90. The van der Waals surface area contributed by atoms with Gasteiger partial charge in [-0.3, -0.25) is 0 Å². The molecule has 0 saturated heterocycles.